The number of carbonyl (C=O) groups excluding carboxylic acids is 3. The zero-order valence-corrected chi connectivity index (χ0v) is 14.2. The number of thiazole rings is 1. The van der Waals surface area contributed by atoms with E-state index in [-0.39, 0.29) is 36.4 Å². The fraction of sp³-hybridized carbons (Fsp3) is 0.111. The lowest BCUT2D eigenvalue weighted by atomic mass is 10.2. The second-order valence-electron chi connectivity index (χ2n) is 5.76. The number of halogens is 1. The van der Waals surface area contributed by atoms with E-state index in [0.717, 1.165) is 4.90 Å². The van der Waals surface area contributed by atoms with E-state index in [1.807, 2.05) is 0 Å². The third kappa shape index (κ3) is 2.95. The molecule has 2 aromatic carbocycles. The first-order valence-electron chi connectivity index (χ1n) is 7.84. The molecule has 1 saturated heterocycles. The average molecular weight is 369 g/mol. The first-order valence-corrected chi connectivity index (χ1v) is 8.66. The van der Waals surface area contributed by atoms with E-state index in [4.69, 9.17) is 0 Å². The Labute approximate surface area is 151 Å². The van der Waals surface area contributed by atoms with E-state index in [1.54, 1.807) is 18.2 Å². The van der Waals surface area contributed by atoms with Crippen LogP contribution in [0.4, 0.5) is 15.2 Å². The standard InChI is InChI=1S/C18H12FN3O3S/c19-11-2-4-12(5-3-11)20-17(25)10-1-6-13-14(9-10)26-18(21-13)22-15(23)7-8-16(22)24/h1-6,9H,7-8H2,(H,20,25). The smallest absolute Gasteiger partial charge is 0.255 e. The van der Waals surface area contributed by atoms with Gasteiger partial charge in [0, 0.05) is 24.1 Å². The van der Waals surface area contributed by atoms with Crippen molar-refractivity contribution in [2.75, 3.05) is 10.2 Å². The van der Waals surface area contributed by atoms with Gasteiger partial charge in [0.05, 0.1) is 10.2 Å². The van der Waals surface area contributed by atoms with Gasteiger partial charge in [-0.05, 0) is 42.5 Å². The van der Waals surface area contributed by atoms with Crippen LogP contribution in [0.2, 0.25) is 0 Å². The molecule has 0 saturated carbocycles. The van der Waals surface area contributed by atoms with Gasteiger partial charge in [0.1, 0.15) is 5.82 Å². The number of nitrogens with zero attached hydrogens (tertiary/aromatic N) is 2. The maximum Gasteiger partial charge on any atom is 0.255 e. The Bertz CT molecular complexity index is 1030. The van der Waals surface area contributed by atoms with E-state index >= 15 is 0 Å². The number of carbonyl (C=O) groups is 3. The van der Waals surface area contributed by atoms with Crippen LogP contribution in [-0.2, 0) is 9.59 Å². The Morgan fingerprint density at radius 1 is 1.08 bits per heavy atom. The molecule has 130 valence electrons. The molecule has 1 aliphatic heterocycles. The highest BCUT2D eigenvalue weighted by Crippen LogP contribution is 2.32. The SMILES string of the molecule is O=C(Nc1ccc(F)cc1)c1ccc2nc(N3C(=O)CCC3=O)sc2c1. The normalized spacial score (nSPS) is 14.3. The van der Waals surface area contributed by atoms with Crippen molar-refractivity contribution in [2.45, 2.75) is 12.8 Å². The third-order valence-electron chi connectivity index (χ3n) is 3.98. The van der Waals surface area contributed by atoms with Crippen LogP contribution >= 0.6 is 11.3 Å². The minimum absolute atomic E-state index is 0.195. The van der Waals surface area contributed by atoms with Crippen LogP contribution in [0.3, 0.4) is 0 Å². The lowest BCUT2D eigenvalue weighted by molar-refractivity contribution is -0.121. The molecule has 0 spiro atoms. The van der Waals surface area contributed by atoms with Crippen molar-refractivity contribution in [3.63, 3.8) is 0 Å². The summed E-state index contributed by atoms with van der Waals surface area (Å²) in [5.74, 6) is -1.25. The number of nitrogens with one attached hydrogen (secondary N) is 1. The second-order valence-corrected chi connectivity index (χ2v) is 6.77. The van der Waals surface area contributed by atoms with Gasteiger partial charge in [-0.1, -0.05) is 11.3 Å². The molecule has 0 unspecified atom stereocenters. The molecule has 0 atom stereocenters. The highest BCUT2D eigenvalue weighted by molar-refractivity contribution is 7.22. The largest absolute Gasteiger partial charge is 0.322 e. The van der Waals surface area contributed by atoms with Gasteiger partial charge in [-0.3, -0.25) is 14.4 Å². The van der Waals surface area contributed by atoms with Gasteiger partial charge in [-0.25, -0.2) is 14.3 Å². The summed E-state index contributed by atoms with van der Waals surface area (Å²) in [7, 11) is 0. The Morgan fingerprint density at radius 3 is 2.46 bits per heavy atom. The topological polar surface area (TPSA) is 79.4 Å². The molecule has 0 bridgehead atoms. The second kappa shape index (κ2) is 6.30. The highest BCUT2D eigenvalue weighted by atomic mass is 32.1. The summed E-state index contributed by atoms with van der Waals surface area (Å²) in [6, 6.07) is 10.4. The van der Waals surface area contributed by atoms with Gasteiger partial charge < -0.3 is 5.32 Å². The highest BCUT2D eigenvalue weighted by Gasteiger charge is 2.32. The molecule has 8 heteroatoms. The lowest BCUT2D eigenvalue weighted by Crippen LogP contribution is -2.28. The van der Waals surface area contributed by atoms with Gasteiger partial charge in [0.15, 0.2) is 5.13 Å². The van der Waals surface area contributed by atoms with Crippen LogP contribution in [0.5, 0.6) is 0 Å². The number of anilines is 2. The molecule has 1 aromatic heterocycles. The molecule has 1 fully saturated rings. The minimum Gasteiger partial charge on any atom is -0.322 e. The van der Waals surface area contributed by atoms with E-state index < -0.39 is 0 Å². The Morgan fingerprint density at radius 2 is 1.77 bits per heavy atom. The molecule has 1 aliphatic rings. The summed E-state index contributed by atoms with van der Waals surface area (Å²) in [4.78, 5) is 41.5. The van der Waals surface area contributed by atoms with E-state index in [9.17, 15) is 18.8 Å². The van der Waals surface area contributed by atoms with Crippen molar-refractivity contribution < 1.29 is 18.8 Å². The zero-order valence-electron chi connectivity index (χ0n) is 13.4. The van der Waals surface area contributed by atoms with Gasteiger partial charge >= 0.3 is 0 Å². The molecule has 3 amide bonds. The number of hydrogen-bond donors (Lipinski definition) is 1. The number of rotatable bonds is 3. The van der Waals surface area contributed by atoms with Crippen LogP contribution in [0.1, 0.15) is 23.2 Å². The molecule has 26 heavy (non-hydrogen) atoms. The van der Waals surface area contributed by atoms with Crippen LogP contribution in [-0.4, -0.2) is 22.7 Å². The van der Waals surface area contributed by atoms with Crippen molar-refractivity contribution in [1.82, 2.24) is 4.98 Å². The van der Waals surface area contributed by atoms with Crippen molar-refractivity contribution in [1.29, 1.82) is 0 Å². The number of amides is 3. The van der Waals surface area contributed by atoms with E-state index in [2.05, 4.69) is 10.3 Å². The first kappa shape index (κ1) is 16.3. The van der Waals surface area contributed by atoms with Crippen molar-refractivity contribution in [3.05, 3.63) is 53.8 Å². The first-order chi connectivity index (χ1) is 12.5. The number of benzene rings is 2. The van der Waals surface area contributed by atoms with Crippen LogP contribution in [0, 0.1) is 5.82 Å². The summed E-state index contributed by atoms with van der Waals surface area (Å²) in [6.07, 6.45) is 0.389. The van der Waals surface area contributed by atoms with E-state index in [0.29, 0.717) is 26.6 Å². The quantitative estimate of drug-likeness (QED) is 0.718. The predicted octanol–water partition coefficient (Wildman–Crippen LogP) is 3.34. The number of aromatic nitrogens is 1. The molecule has 2 heterocycles. The third-order valence-corrected chi connectivity index (χ3v) is 4.99. The maximum absolute atomic E-state index is 12.9. The number of hydrogen-bond acceptors (Lipinski definition) is 5. The fourth-order valence-electron chi connectivity index (χ4n) is 2.68. The number of fused-ring (bicyclic) bond motifs is 1. The number of imide groups is 1. The zero-order chi connectivity index (χ0) is 18.3. The molecular weight excluding hydrogens is 357 g/mol. The monoisotopic (exact) mass is 369 g/mol. The lowest BCUT2D eigenvalue weighted by Gasteiger charge is -2.07. The maximum atomic E-state index is 12.9. The Hall–Kier alpha value is -3.13. The van der Waals surface area contributed by atoms with E-state index in [1.165, 1.54) is 35.6 Å². The van der Waals surface area contributed by atoms with Gasteiger partial charge in [-0.2, -0.15) is 0 Å². The molecule has 1 N–H and O–H groups in total. The van der Waals surface area contributed by atoms with Crippen molar-refractivity contribution in [3.8, 4) is 0 Å². The average Bonchev–Trinajstić information content (AvgIpc) is 3.18. The minimum atomic E-state index is -0.382. The molecule has 0 aliphatic carbocycles. The summed E-state index contributed by atoms with van der Waals surface area (Å²) in [5, 5.41) is 3.01. The van der Waals surface area contributed by atoms with Crippen LogP contribution < -0.4 is 10.2 Å². The van der Waals surface area contributed by atoms with Crippen LogP contribution in [0.25, 0.3) is 10.2 Å². The molecule has 6 nitrogen and oxygen atoms in total. The fourth-order valence-corrected chi connectivity index (χ4v) is 3.72. The van der Waals surface area contributed by atoms with Gasteiger partial charge in [0.2, 0.25) is 11.8 Å². The summed E-state index contributed by atoms with van der Waals surface area (Å²) in [6.45, 7) is 0. The summed E-state index contributed by atoms with van der Waals surface area (Å²) >= 11 is 1.19. The van der Waals surface area contributed by atoms with Gasteiger partial charge in [0.25, 0.3) is 5.91 Å². The van der Waals surface area contributed by atoms with Crippen LogP contribution in [0.15, 0.2) is 42.5 Å². The predicted molar refractivity (Wildman–Crippen MR) is 95.7 cm³/mol. The van der Waals surface area contributed by atoms with Gasteiger partial charge in [-0.15, -0.1) is 0 Å². The molecular formula is C18H12FN3O3S. The molecule has 3 aromatic rings. The molecule has 4 rings (SSSR count). The Balaban J connectivity index is 1.61. The Kier molecular flexibility index (Phi) is 3.96. The summed E-state index contributed by atoms with van der Waals surface area (Å²) in [5.41, 5.74) is 1.49. The van der Waals surface area contributed by atoms with Crippen molar-refractivity contribution in [2.24, 2.45) is 0 Å². The van der Waals surface area contributed by atoms with Crippen molar-refractivity contribution >= 4 is 50.1 Å². The molecule has 0 radical (unpaired) electrons. The summed E-state index contributed by atoms with van der Waals surface area (Å²) < 4.78 is 13.6.